The Morgan fingerprint density at radius 3 is 2.40 bits per heavy atom. The fourth-order valence-electron chi connectivity index (χ4n) is 2.87. The number of allylic oxidation sites excluding steroid dienone is 1. The first-order valence-corrected chi connectivity index (χ1v) is 7.47. The number of carboxylic acid groups (broad SMARTS) is 1. The lowest BCUT2D eigenvalue weighted by Gasteiger charge is -2.31. The molecule has 5 heteroatoms. The highest BCUT2D eigenvalue weighted by Crippen LogP contribution is 2.48. The van der Waals surface area contributed by atoms with Gasteiger partial charge in [-0.2, -0.15) is 0 Å². The van der Waals surface area contributed by atoms with Gasteiger partial charge in [-0.3, -0.25) is 9.59 Å². The number of hydrogen-bond acceptors (Lipinski definition) is 3. The normalized spacial score (nSPS) is 26.2. The van der Waals surface area contributed by atoms with Gasteiger partial charge in [0.15, 0.2) is 0 Å². The zero-order valence-electron chi connectivity index (χ0n) is 11.6. The third kappa shape index (κ3) is 3.39. The third-order valence-electron chi connectivity index (χ3n) is 4.24. The lowest BCUT2D eigenvalue weighted by atomic mass is 10.1. The fraction of sp³-hybridized carbons (Fsp3) is 0.733. The molecule has 0 aromatic rings. The van der Waals surface area contributed by atoms with E-state index in [0.29, 0.717) is 31.5 Å². The second-order valence-electron chi connectivity index (χ2n) is 6.07. The summed E-state index contributed by atoms with van der Waals surface area (Å²) in [5.41, 5.74) is 1.34. The van der Waals surface area contributed by atoms with E-state index in [4.69, 9.17) is 9.84 Å². The molecule has 0 spiro atoms. The molecule has 0 aromatic carbocycles. The SMILES string of the molecule is O=C(O)CC1CN(C(=O)C=C(C2CC2)C2CC2)CCO1. The molecule has 5 nitrogen and oxygen atoms in total. The van der Waals surface area contributed by atoms with Crippen molar-refractivity contribution in [1.29, 1.82) is 0 Å². The molecule has 20 heavy (non-hydrogen) atoms. The smallest absolute Gasteiger partial charge is 0.306 e. The van der Waals surface area contributed by atoms with Gasteiger partial charge in [0.1, 0.15) is 0 Å². The van der Waals surface area contributed by atoms with Crippen molar-refractivity contribution in [2.24, 2.45) is 11.8 Å². The van der Waals surface area contributed by atoms with E-state index in [9.17, 15) is 9.59 Å². The van der Waals surface area contributed by atoms with Crippen LogP contribution in [0.1, 0.15) is 32.1 Å². The second kappa shape index (κ2) is 5.56. The molecule has 1 amide bonds. The van der Waals surface area contributed by atoms with Crippen molar-refractivity contribution in [3.63, 3.8) is 0 Å². The van der Waals surface area contributed by atoms with Gasteiger partial charge in [-0.25, -0.2) is 0 Å². The van der Waals surface area contributed by atoms with Crippen molar-refractivity contribution in [2.75, 3.05) is 19.7 Å². The molecule has 3 fully saturated rings. The van der Waals surface area contributed by atoms with Crippen LogP contribution >= 0.6 is 0 Å². The topological polar surface area (TPSA) is 66.8 Å². The first-order chi connectivity index (χ1) is 9.63. The average molecular weight is 279 g/mol. The number of carboxylic acids is 1. The molecule has 1 heterocycles. The number of amides is 1. The van der Waals surface area contributed by atoms with Crippen LogP contribution < -0.4 is 0 Å². The van der Waals surface area contributed by atoms with Crippen LogP contribution in [0.15, 0.2) is 11.6 Å². The highest BCUT2D eigenvalue weighted by Gasteiger charge is 2.37. The second-order valence-corrected chi connectivity index (χ2v) is 6.07. The van der Waals surface area contributed by atoms with E-state index in [-0.39, 0.29) is 18.4 Å². The van der Waals surface area contributed by atoms with Crippen molar-refractivity contribution >= 4 is 11.9 Å². The molecule has 3 rings (SSSR count). The predicted molar refractivity (Wildman–Crippen MR) is 72.1 cm³/mol. The molecule has 2 saturated carbocycles. The van der Waals surface area contributed by atoms with Gasteiger partial charge in [-0.1, -0.05) is 5.57 Å². The van der Waals surface area contributed by atoms with E-state index in [1.165, 1.54) is 31.3 Å². The largest absolute Gasteiger partial charge is 0.481 e. The molecule has 1 saturated heterocycles. The van der Waals surface area contributed by atoms with Crippen molar-refractivity contribution in [1.82, 2.24) is 4.90 Å². The molecular formula is C15H21NO4. The summed E-state index contributed by atoms with van der Waals surface area (Å²) in [7, 11) is 0. The van der Waals surface area contributed by atoms with Crippen LogP contribution in [0.4, 0.5) is 0 Å². The van der Waals surface area contributed by atoms with Gasteiger partial charge >= 0.3 is 5.97 Å². The van der Waals surface area contributed by atoms with Crippen LogP contribution in [0.2, 0.25) is 0 Å². The van der Waals surface area contributed by atoms with Crippen molar-refractivity contribution < 1.29 is 19.4 Å². The molecular weight excluding hydrogens is 258 g/mol. The molecule has 0 bridgehead atoms. The fourth-order valence-corrected chi connectivity index (χ4v) is 2.87. The van der Waals surface area contributed by atoms with Gasteiger partial charge in [0, 0.05) is 19.2 Å². The Kier molecular flexibility index (Phi) is 3.78. The summed E-state index contributed by atoms with van der Waals surface area (Å²) < 4.78 is 5.40. The lowest BCUT2D eigenvalue weighted by molar-refractivity contribution is -0.145. The minimum absolute atomic E-state index is 0.0361. The molecule has 0 radical (unpaired) electrons. The van der Waals surface area contributed by atoms with Gasteiger partial charge in [-0.05, 0) is 37.5 Å². The van der Waals surface area contributed by atoms with E-state index < -0.39 is 5.97 Å². The van der Waals surface area contributed by atoms with E-state index in [0.717, 1.165) is 0 Å². The minimum Gasteiger partial charge on any atom is -0.481 e. The standard InChI is InChI=1S/C15H21NO4/c17-14(8-13(10-1-2-10)11-3-4-11)16-5-6-20-12(9-16)7-15(18)19/h8,10-12H,1-7,9H2,(H,18,19). The summed E-state index contributed by atoms with van der Waals surface area (Å²) in [6.45, 7) is 1.39. The number of hydrogen-bond donors (Lipinski definition) is 1. The molecule has 3 aliphatic rings. The molecule has 110 valence electrons. The van der Waals surface area contributed by atoms with E-state index in [1.807, 2.05) is 6.08 Å². The summed E-state index contributed by atoms with van der Waals surface area (Å²) in [6.07, 6.45) is 6.31. The maximum absolute atomic E-state index is 12.4. The summed E-state index contributed by atoms with van der Waals surface area (Å²) in [4.78, 5) is 24.8. The number of aliphatic carboxylic acids is 1. The number of carbonyl (C=O) groups excluding carboxylic acids is 1. The van der Waals surface area contributed by atoms with Crippen LogP contribution in [0, 0.1) is 11.8 Å². The van der Waals surface area contributed by atoms with Crippen LogP contribution in [-0.2, 0) is 14.3 Å². The first kappa shape index (κ1) is 13.6. The molecule has 2 aliphatic carbocycles. The van der Waals surface area contributed by atoms with Gasteiger partial charge in [0.05, 0.1) is 19.1 Å². The predicted octanol–water partition coefficient (Wildman–Crippen LogP) is 1.43. The summed E-state index contributed by atoms with van der Waals surface area (Å²) in [6, 6.07) is 0. The Labute approximate surface area is 118 Å². The van der Waals surface area contributed by atoms with E-state index in [2.05, 4.69) is 0 Å². The number of ether oxygens (including phenoxy) is 1. The highest BCUT2D eigenvalue weighted by atomic mass is 16.5. The van der Waals surface area contributed by atoms with Crippen LogP contribution in [-0.4, -0.2) is 47.7 Å². The third-order valence-corrected chi connectivity index (χ3v) is 4.24. The number of carbonyl (C=O) groups is 2. The van der Waals surface area contributed by atoms with Crippen LogP contribution in [0.3, 0.4) is 0 Å². The van der Waals surface area contributed by atoms with Gasteiger partial charge in [-0.15, -0.1) is 0 Å². The summed E-state index contributed by atoms with van der Waals surface area (Å²) >= 11 is 0. The Bertz CT molecular complexity index is 423. The lowest BCUT2D eigenvalue weighted by Crippen LogP contribution is -2.45. The quantitative estimate of drug-likeness (QED) is 0.773. The van der Waals surface area contributed by atoms with Crippen molar-refractivity contribution in [2.45, 2.75) is 38.2 Å². The summed E-state index contributed by atoms with van der Waals surface area (Å²) in [5.74, 6) is 0.443. The Hall–Kier alpha value is -1.36. The van der Waals surface area contributed by atoms with E-state index >= 15 is 0 Å². The maximum atomic E-state index is 12.4. The van der Waals surface area contributed by atoms with E-state index in [1.54, 1.807) is 4.90 Å². The first-order valence-electron chi connectivity index (χ1n) is 7.47. The minimum atomic E-state index is -0.878. The van der Waals surface area contributed by atoms with Crippen LogP contribution in [0.25, 0.3) is 0 Å². The molecule has 1 unspecified atom stereocenters. The maximum Gasteiger partial charge on any atom is 0.306 e. The molecule has 1 aliphatic heterocycles. The monoisotopic (exact) mass is 279 g/mol. The highest BCUT2D eigenvalue weighted by molar-refractivity contribution is 5.88. The zero-order chi connectivity index (χ0) is 14.1. The molecule has 0 aromatic heterocycles. The zero-order valence-corrected chi connectivity index (χ0v) is 11.6. The number of rotatable bonds is 5. The Morgan fingerprint density at radius 2 is 1.85 bits per heavy atom. The van der Waals surface area contributed by atoms with Gasteiger partial charge in [0.25, 0.3) is 0 Å². The average Bonchev–Trinajstić information content (AvgIpc) is 3.28. The number of nitrogens with zero attached hydrogens (tertiary/aromatic N) is 1. The Balaban J connectivity index is 1.61. The van der Waals surface area contributed by atoms with Crippen molar-refractivity contribution in [3.05, 3.63) is 11.6 Å². The van der Waals surface area contributed by atoms with Gasteiger partial charge in [0.2, 0.25) is 5.91 Å². The van der Waals surface area contributed by atoms with Crippen LogP contribution in [0.5, 0.6) is 0 Å². The number of morpholine rings is 1. The summed E-state index contributed by atoms with van der Waals surface area (Å²) in [5, 5.41) is 8.80. The van der Waals surface area contributed by atoms with Crippen molar-refractivity contribution in [3.8, 4) is 0 Å². The molecule has 1 atom stereocenters. The van der Waals surface area contributed by atoms with Gasteiger partial charge < -0.3 is 14.7 Å². The molecule has 1 N–H and O–H groups in total. The Morgan fingerprint density at radius 1 is 1.20 bits per heavy atom.